The number of carbonyl (C=O) groups is 3. The highest BCUT2D eigenvalue weighted by Gasteiger charge is 2.40. The summed E-state index contributed by atoms with van der Waals surface area (Å²) in [7, 11) is 0. The van der Waals surface area contributed by atoms with E-state index in [4.69, 9.17) is 16.3 Å². The zero-order valence-electron chi connectivity index (χ0n) is 27.5. The van der Waals surface area contributed by atoms with E-state index in [2.05, 4.69) is 50.4 Å². The summed E-state index contributed by atoms with van der Waals surface area (Å²) in [4.78, 5) is 44.5. The molecule has 8 rings (SSSR count). The van der Waals surface area contributed by atoms with Gasteiger partial charge in [-0.25, -0.2) is 9.69 Å². The molecule has 254 valence electrons. The molecule has 0 aliphatic carbocycles. The molecule has 3 aliphatic heterocycles. The molecular formula is C42H33BrClN3O4. The molecule has 1 N–H and O–H groups in total. The van der Waals surface area contributed by atoms with Crippen LogP contribution in [-0.2, 0) is 16.2 Å². The second kappa shape index (κ2) is 13.9. The Morgan fingerprint density at radius 3 is 1.98 bits per heavy atom. The van der Waals surface area contributed by atoms with Crippen LogP contribution in [-0.4, -0.2) is 30.9 Å². The second-order valence-electron chi connectivity index (χ2n) is 13.0. The van der Waals surface area contributed by atoms with E-state index in [9.17, 15) is 14.4 Å². The Balaban J connectivity index is 1.16. The molecule has 7 nitrogen and oxygen atoms in total. The molecule has 0 spiro atoms. The normalized spacial score (nSPS) is 19.2. The summed E-state index contributed by atoms with van der Waals surface area (Å²) in [5.74, 6) is -0.828. The van der Waals surface area contributed by atoms with Crippen LogP contribution in [0.1, 0.15) is 58.1 Å². The lowest BCUT2D eigenvalue weighted by molar-refractivity contribution is -0.122. The van der Waals surface area contributed by atoms with Crippen LogP contribution in [0.3, 0.4) is 0 Å². The van der Waals surface area contributed by atoms with Gasteiger partial charge in [-0.15, -0.1) is 0 Å². The van der Waals surface area contributed by atoms with Gasteiger partial charge in [-0.2, -0.15) is 0 Å². The standard InChI is InChI=1S/C42H33BrClN3O4/c43-30-14-11-26(12-15-30)25-51-38-16-13-27(22-37(38)44)21-36-40(48)45-42(50)47(41(36)49)31-23-34-32(28-7-3-1-4-8-28)17-19-46-20-18-33(35(24-31)39(34)46)29-9-5-2-6-10-29/h1-16,21-24,32-33H,17-20,25H2,(H,45,48,50)/b36-21+/t32-,33-/m1/s1. The summed E-state index contributed by atoms with van der Waals surface area (Å²) in [5.41, 5.74) is 7.47. The predicted molar refractivity (Wildman–Crippen MR) is 203 cm³/mol. The molecule has 0 radical (unpaired) electrons. The van der Waals surface area contributed by atoms with Crippen LogP contribution in [0.15, 0.2) is 125 Å². The third-order valence-electron chi connectivity index (χ3n) is 9.93. The molecule has 5 aromatic carbocycles. The van der Waals surface area contributed by atoms with Crippen molar-refractivity contribution in [1.29, 1.82) is 0 Å². The Kier molecular flexibility index (Phi) is 8.96. The van der Waals surface area contributed by atoms with Crippen molar-refractivity contribution in [3.63, 3.8) is 0 Å². The fraction of sp³-hybridized carbons (Fsp3) is 0.167. The lowest BCUT2D eigenvalue weighted by Gasteiger charge is -2.44. The van der Waals surface area contributed by atoms with Crippen molar-refractivity contribution in [2.24, 2.45) is 0 Å². The molecule has 1 saturated heterocycles. The smallest absolute Gasteiger partial charge is 0.335 e. The summed E-state index contributed by atoms with van der Waals surface area (Å²) in [5, 5.41) is 2.74. The molecule has 1 fully saturated rings. The van der Waals surface area contributed by atoms with Crippen molar-refractivity contribution in [2.75, 3.05) is 22.9 Å². The van der Waals surface area contributed by atoms with E-state index in [1.54, 1.807) is 18.2 Å². The number of nitrogens with zero attached hydrogens (tertiary/aromatic N) is 2. The topological polar surface area (TPSA) is 79.0 Å². The van der Waals surface area contributed by atoms with Crippen LogP contribution < -0.4 is 19.9 Å². The van der Waals surface area contributed by atoms with Crippen LogP contribution in [0.4, 0.5) is 16.2 Å². The van der Waals surface area contributed by atoms with E-state index in [0.717, 1.165) is 52.0 Å². The number of urea groups is 1. The lowest BCUT2D eigenvalue weighted by atomic mass is 9.76. The second-order valence-corrected chi connectivity index (χ2v) is 14.3. The number of barbiturate groups is 1. The van der Waals surface area contributed by atoms with Gasteiger partial charge in [0.15, 0.2) is 0 Å². The third kappa shape index (κ3) is 6.46. The molecule has 3 aliphatic rings. The number of carbonyl (C=O) groups excluding carboxylic acids is 3. The first kappa shape index (κ1) is 33.0. The van der Waals surface area contributed by atoms with Gasteiger partial charge in [-0.1, -0.05) is 106 Å². The van der Waals surface area contributed by atoms with E-state index in [1.807, 2.05) is 72.8 Å². The largest absolute Gasteiger partial charge is 0.487 e. The molecule has 5 aromatic rings. The minimum Gasteiger partial charge on any atom is -0.487 e. The Labute approximate surface area is 309 Å². The number of hydrogen-bond acceptors (Lipinski definition) is 5. The molecule has 51 heavy (non-hydrogen) atoms. The summed E-state index contributed by atoms with van der Waals surface area (Å²) in [6.07, 6.45) is 3.28. The van der Waals surface area contributed by atoms with Gasteiger partial charge in [0.2, 0.25) is 0 Å². The van der Waals surface area contributed by atoms with Gasteiger partial charge >= 0.3 is 6.03 Å². The highest BCUT2D eigenvalue weighted by atomic mass is 79.9. The SMILES string of the molecule is O=C1NC(=O)N(c2cc3c4c(c2)[C@@H](c2ccccc2)CCN4CC[C@@H]3c2ccccc2)C(=O)/C1=C/c1ccc(OCc2ccc(Br)cc2)c(Cl)c1. The van der Waals surface area contributed by atoms with Crippen LogP contribution in [0.5, 0.6) is 5.75 Å². The van der Waals surface area contributed by atoms with Crippen LogP contribution >= 0.6 is 27.5 Å². The molecule has 0 bridgehead atoms. The molecule has 0 aromatic heterocycles. The molecule has 9 heteroatoms. The summed E-state index contributed by atoms with van der Waals surface area (Å²) < 4.78 is 6.90. The van der Waals surface area contributed by atoms with Crippen LogP contribution in [0.25, 0.3) is 6.08 Å². The monoisotopic (exact) mass is 757 g/mol. The van der Waals surface area contributed by atoms with Gasteiger partial charge in [0, 0.05) is 35.1 Å². The molecule has 4 amide bonds. The van der Waals surface area contributed by atoms with E-state index in [-0.39, 0.29) is 17.4 Å². The van der Waals surface area contributed by atoms with Crippen molar-refractivity contribution >= 4 is 62.8 Å². The van der Waals surface area contributed by atoms with Crippen molar-refractivity contribution in [2.45, 2.75) is 31.3 Å². The van der Waals surface area contributed by atoms with E-state index in [1.165, 1.54) is 22.9 Å². The molecule has 0 unspecified atom stereocenters. The summed E-state index contributed by atoms with van der Waals surface area (Å²) in [6.45, 7) is 2.16. The van der Waals surface area contributed by atoms with Crippen molar-refractivity contribution in [1.82, 2.24) is 5.32 Å². The fourth-order valence-corrected chi connectivity index (χ4v) is 8.00. The Morgan fingerprint density at radius 2 is 1.39 bits per heavy atom. The highest BCUT2D eigenvalue weighted by molar-refractivity contribution is 9.10. The number of amides is 4. The summed E-state index contributed by atoms with van der Waals surface area (Å²) in [6, 6.07) is 36.7. The van der Waals surface area contributed by atoms with E-state index < -0.39 is 17.8 Å². The zero-order valence-corrected chi connectivity index (χ0v) is 29.9. The molecular weight excluding hydrogens is 726 g/mol. The maximum atomic E-state index is 14.2. The Bertz CT molecular complexity index is 2120. The van der Waals surface area contributed by atoms with Gasteiger partial charge < -0.3 is 9.64 Å². The number of anilines is 2. The summed E-state index contributed by atoms with van der Waals surface area (Å²) >= 11 is 10.0. The first-order chi connectivity index (χ1) is 24.8. The maximum Gasteiger partial charge on any atom is 0.335 e. The predicted octanol–water partition coefficient (Wildman–Crippen LogP) is 9.23. The number of benzene rings is 5. The van der Waals surface area contributed by atoms with Crippen molar-refractivity contribution in [3.8, 4) is 5.75 Å². The number of halogens is 2. The van der Waals surface area contributed by atoms with Crippen LogP contribution in [0, 0.1) is 0 Å². The highest BCUT2D eigenvalue weighted by Crippen LogP contribution is 2.50. The fourth-order valence-electron chi connectivity index (χ4n) is 7.49. The minimum absolute atomic E-state index is 0.0805. The number of imide groups is 2. The van der Waals surface area contributed by atoms with E-state index >= 15 is 0 Å². The Hall–Kier alpha value is -5.18. The number of hydrogen-bond donors (Lipinski definition) is 1. The molecule has 0 saturated carbocycles. The number of ether oxygens (including phenoxy) is 1. The zero-order chi connectivity index (χ0) is 35.1. The first-order valence-corrected chi connectivity index (χ1v) is 18.1. The number of nitrogens with one attached hydrogen (secondary N) is 1. The first-order valence-electron chi connectivity index (χ1n) is 16.9. The quantitative estimate of drug-likeness (QED) is 0.132. The van der Waals surface area contributed by atoms with Crippen molar-refractivity contribution in [3.05, 3.63) is 164 Å². The van der Waals surface area contributed by atoms with Gasteiger partial charge in [0.05, 0.1) is 10.7 Å². The van der Waals surface area contributed by atoms with Gasteiger partial charge in [0.1, 0.15) is 17.9 Å². The Morgan fingerprint density at radius 1 is 0.784 bits per heavy atom. The van der Waals surface area contributed by atoms with Gasteiger partial charge in [-0.05, 0) is 88.7 Å². The van der Waals surface area contributed by atoms with Crippen LogP contribution in [0.2, 0.25) is 5.02 Å². The molecule has 2 atom stereocenters. The van der Waals surface area contributed by atoms with Gasteiger partial charge in [-0.3, -0.25) is 14.9 Å². The third-order valence-corrected chi connectivity index (χ3v) is 10.8. The number of rotatable bonds is 7. The van der Waals surface area contributed by atoms with Gasteiger partial charge in [0.25, 0.3) is 11.8 Å². The van der Waals surface area contributed by atoms with Crippen molar-refractivity contribution < 1.29 is 19.1 Å². The molecule has 3 heterocycles. The minimum atomic E-state index is -0.778. The maximum absolute atomic E-state index is 14.2. The average Bonchev–Trinajstić information content (AvgIpc) is 3.14. The average molecular weight is 759 g/mol. The van der Waals surface area contributed by atoms with E-state index in [0.29, 0.717) is 28.6 Å². The lowest BCUT2D eigenvalue weighted by Crippen LogP contribution is -2.54.